The van der Waals surface area contributed by atoms with Crippen LogP contribution in [-0.2, 0) is 19.1 Å². The molecule has 0 aromatic rings. The van der Waals surface area contributed by atoms with E-state index in [0.717, 1.165) is 4.90 Å². The molecule has 3 rings (SSSR count). The van der Waals surface area contributed by atoms with Crippen molar-refractivity contribution in [2.24, 2.45) is 11.8 Å². The molecule has 2 fully saturated rings. The minimum atomic E-state index is -1.12. The molecule has 1 spiro atoms. The second-order valence-corrected chi connectivity index (χ2v) is 4.83. The summed E-state index contributed by atoms with van der Waals surface area (Å²) in [6.07, 6.45) is 2.76. The Labute approximate surface area is 102 Å². The van der Waals surface area contributed by atoms with Gasteiger partial charge in [-0.2, -0.15) is 0 Å². The highest BCUT2D eigenvalue weighted by Crippen LogP contribution is 2.51. The average Bonchev–Trinajstić information content (AvgIpc) is 2.87. The molecular formula is C11H11NO6. The minimum absolute atomic E-state index is 0.111. The molecule has 18 heavy (non-hydrogen) atoms. The van der Waals surface area contributed by atoms with E-state index in [9.17, 15) is 14.4 Å². The number of hydrogen-bond acceptors (Lipinski definition) is 4. The van der Waals surface area contributed by atoms with Gasteiger partial charge < -0.3 is 19.8 Å². The fourth-order valence-corrected chi connectivity index (χ4v) is 3.16. The van der Waals surface area contributed by atoms with Crippen LogP contribution in [0.15, 0.2) is 12.2 Å². The van der Waals surface area contributed by atoms with E-state index in [4.69, 9.17) is 14.9 Å². The van der Waals surface area contributed by atoms with Crippen LogP contribution in [-0.4, -0.2) is 57.8 Å². The van der Waals surface area contributed by atoms with Gasteiger partial charge in [0.1, 0.15) is 18.1 Å². The first-order valence-electron chi connectivity index (χ1n) is 5.55. The van der Waals surface area contributed by atoms with Gasteiger partial charge in [-0.3, -0.25) is 14.4 Å². The molecule has 2 bridgehead atoms. The Balaban J connectivity index is 1.94. The van der Waals surface area contributed by atoms with Gasteiger partial charge in [0.25, 0.3) is 0 Å². The first-order chi connectivity index (χ1) is 8.44. The van der Waals surface area contributed by atoms with E-state index in [-0.39, 0.29) is 6.54 Å². The van der Waals surface area contributed by atoms with Crippen LogP contribution in [0.25, 0.3) is 0 Å². The summed E-state index contributed by atoms with van der Waals surface area (Å²) in [5, 5.41) is 17.9. The SMILES string of the molecule is O=C(O)CN1CC23C=CC(O2)C(C(=O)O)C3C1=O. The number of hydrogen-bond donors (Lipinski definition) is 2. The third-order valence-electron chi connectivity index (χ3n) is 3.79. The number of carbonyl (C=O) groups excluding carboxylic acids is 1. The molecule has 3 heterocycles. The molecule has 4 atom stereocenters. The lowest BCUT2D eigenvalue weighted by molar-refractivity contribution is -0.149. The van der Waals surface area contributed by atoms with Crippen molar-refractivity contribution in [2.75, 3.05) is 13.1 Å². The van der Waals surface area contributed by atoms with Crippen LogP contribution >= 0.6 is 0 Å². The smallest absolute Gasteiger partial charge is 0.323 e. The summed E-state index contributed by atoms with van der Waals surface area (Å²) in [6, 6.07) is 0. The molecule has 0 saturated carbocycles. The van der Waals surface area contributed by atoms with E-state index in [2.05, 4.69) is 0 Å². The Morgan fingerprint density at radius 3 is 2.83 bits per heavy atom. The predicted octanol–water partition coefficient (Wildman–Crippen LogP) is -1.06. The summed E-state index contributed by atoms with van der Waals surface area (Å²) in [6.45, 7) is -0.315. The highest BCUT2D eigenvalue weighted by molar-refractivity contribution is 5.92. The number of carboxylic acid groups (broad SMARTS) is 2. The van der Waals surface area contributed by atoms with Gasteiger partial charge in [-0.05, 0) is 0 Å². The molecule has 7 nitrogen and oxygen atoms in total. The number of fused-ring (bicyclic) bond motifs is 1. The topological polar surface area (TPSA) is 104 Å². The largest absolute Gasteiger partial charge is 0.481 e. The molecule has 0 aliphatic carbocycles. The van der Waals surface area contributed by atoms with E-state index in [1.54, 1.807) is 12.2 Å². The summed E-state index contributed by atoms with van der Waals surface area (Å²) in [7, 11) is 0. The maximum Gasteiger partial charge on any atom is 0.323 e. The quantitative estimate of drug-likeness (QED) is 0.621. The number of rotatable bonds is 3. The van der Waals surface area contributed by atoms with Crippen LogP contribution in [0.4, 0.5) is 0 Å². The Hall–Kier alpha value is -1.89. The summed E-state index contributed by atoms with van der Waals surface area (Å²) in [4.78, 5) is 35.1. The summed E-state index contributed by atoms with van der Waals surface area (Å²) < 4.78 is 5.59. The molecule has 4 unspecified atom stereocenters. The van der Waals surface area contributed by atoms with Gasteiger partial charge in [-0.1, -0.05) is 12.2 Å². The van der Waals surface area contributed by atoms with Gasteiger partial charge in [0.2, 0.25) is 5.91 Å². The summed E-state index contributed by atoms with van der Waals surface area (Å²) >= 11 is 0. The zero-order valence-corrected chi connectivity index (χ0v) is 9.28. The van der Waals surface area contributed by atoms with Crippen LogP contribution in [0.3, 0.4) is 0 Å². The highest BCUT2D eigenvalue weighted by atomic mass is 16.5. The zero-order chi connectivity index (χ0) is 13.1. The van der Waals surface area contributed by atoms with E-state index in [1.807, 2.05) is 0 Å². The number of amides is 1. The van der Waals surface area contributed by atoms with Crippen LogP contribution in [0, 0.1) is 11.8 Å². The maximum atomic E-state index is 12.1. The van der Waals surface area contributed by atoms with Crippen molar-refractivity contribution in [1.82, 2.24) is 4.90 Å². The van der Waals surface area contributed by atoms with Crippen LogP contribution < -0.4 is 0 Å². The van der Waals surface area contributed by atoms with Crippen molar-refractivity contribution < 1.29 is 29.3 Å². The molecule has 2 saturated heterocycles. The predicted molar refractivity (Wildman–Crippen MR) is 55.6 cm³/mol. The number of likely N-dealkylation sites (tertiary alicyclic amines) is 1. The number of nitrogens with zero attached hydrogens (tertiary/aromatic N) is 1. The van der Waals surface area contributed by atoms with Crippen molar-refractivity contribution in [3.05, 3.63) is 12.2 Å². The molecule has 7 heteroatoms. The molecule has 0 aromatic carbocycles. The lowest BCUT2D eigenvalue weighted by Crippen LogP contribution is -2.39. The number of aliphatic carboxylic acids is 2. The summed E-state index contributed by atoms with van der Waals surface area (Å²) in [5.41, 5.74) is -0.944. The van der Waals surface area contributed by atoms with Gasteiger partial charge >= 0.3 is 11.9 Å². The Bertz CT molecular complexity index is 486. The Morgan fingerprint density at radius 2 is 2.22 bits per heavy atom. The number of carbonyl (C=O) groups is 3. The van der Waals surface area contributed by atoms with Gasteiger partial charge in [0, 0.05) is 0 Å². The minimum Gasteiger partial charge on any atom is -0.481 e. The fraction of sp³-hybridized carbons (Fsp3) is 0.545. The van der Waals surface area contributed by atoms with Gasteiger partial charge in [0.15, 0.2) is 0 Å². The van der Waals surface area contributed by atoms with Crippen molar-refractivity contribution in [2.45, 2.75) is 11.7 Å². The lowest BCUT2D eigenvalue weighted by Gasteiger charge is -2.21. The standard InChI is InChI=1S/C11H11NO6/c13-6(14)3-12-4-11-2-1-5(18-11)7(10(16)17)8(11)9(12)15/h1-2,5,7-8H,3-4H2,(H,13,14)(H,16,17). The molecule has 3 aliphatic heterocycles. The third kappa shape index (κ3) is 1.25. The molecule has 2 N–H and O–H groups in total. The molecule has 1 amide bonds. The maximum absolute atomic E-state index is 12.1. The van der Waals surface area contributed by atoms with Gasteiger partial charge in [0.05, 0.1) is 18.6 Å². The van der Waals surface area contributed by atoms with Crippen molar-refractivity contribution in [3.8, 4) is 0 Å². The Morgan fingerprint density at radius 1 is 1.50 bits per heavy atom. The molecule has 3 aliphatic rings. The van der Waals surface area contributed by atoms with Crippen molar-refractivity contribution in [3.63, 3.8) is 0 Å². The lowest BCUT2D eigenvalue weighted by atomic mass is 9.77. The normalized spacial score (nSPS) is 40.3. The van der Waals surface area contributed by atoms with Crippen LogP contribution in [0.5, 0.6) is 0 Å². The van der Waals surface area contributed by atoms with Gasteiger partial charge in [-0.15, -0.1) is 0 Å². The molecule has 0 aromatic heterocycles. The zero-order valence-electron chi connectivity index (χ0n) is 9.28. The third-order valence-corrected chi connectivity index (χ3v) is 3.79. The fourth-order valence-electron chi connectivity index (χ4n) is 3.16. The van der Waals surface area contributed by atoms with E-state index in [0.29, 0.717) is 0 Å². The van der Waals surface area contributed by atoms with E-state index in [1.165, 1.54) is 0 Å². The number of carboxylic acids is 2. The first-order valence-corrected chi connectivity index (χ1v) is 5.55. The molecule has 0 radical (unpaired) electrons. The Kier molecular flexibility index (Phi) is 2.07. The second kappa shape index (κ2) is 3.32. The van der Waals surface area contributed by atoms with Crippen LogP contribution in [0.2, 0.25) is 0 Å². The van der Waals surface area contributed by atoms with E-state index < -0.39 is 47.9 Å². The second-order valence-electron chi connectivity index (χ2n) is 4.83. The van der Waals surface area contributed by atoms with Crippen LogP contribution in [0.1, 0.15) is 0 Å². The monoisotopic (exact) mass is 253 g/mol. The molecule has 96 valence electrons. The first kappa shape index (κ1) is 11.2. The van der Waals surface area contributed by atoms with E-state index >= 15 is 0 Å². The van der Waals surface area contributed by atoms with Crippen molar-refractivity contribution in [1.29, 1.82) is 0 Å². The number of ether oxygens (including phenoxy) is 1. The summed E-state index contributed by atoms with van der Waals surface area (Å²) in [5.74, 6) is -4.37. The average molecular weight is 253 g/mol. The highest BCUT2D eigenvalue weighted by Gasteiger charge is 2.67. The molecular weight excluding hydrogens is 242 g/mol. The van der Waals surface area contributed by atoms with Gasteiger partial charge in [-0.25, -0.2) is 0 Å². The van der Waals surface area contributed by atoms with Crippen molar-refractivity contribution >= 4 is 17.8 Å².